The molecule has 222 valence electrons. The Kier molecular flexibility index (Phi) is 8.29. The van der Waals surface area contributed by atoms with Crippen molar-refractivity contribution in [3.05, 3.63) is 65.6 Å². The fourth-order valence-corrected chi connectivity index (χ4v) is 5.50. The van der Waals surface area contributed by atoms with E-state index in [1.807, 2.05) is 37.3 Å². The number of aryl methyl sites for hydroxylation is 1. The van der Waals surface area contributed by atoms with Gasteiger partial charge in [0, 0.05) is 66.5 Å². The van der Waals surface area contributed by atoms with E-state index in [4.69, 9.17) is 0 Å². The highest BCUT2D eigenvalue weighted by Gasteiger charge is 2.43. The minimum absolute atomic E-state index is 0.0213. The number of halogens is 4. The molecule has 12 heteroatoms. The highest BCUT2D eigenvalue weighted by atomic mass is 19.3. The number of hydrogen-bond donors (Lipinski definition) is 1. The van der Waals surface area contributed by atoms with Crippen molar-refractivity contribution in [2.24, 2.45) is 0 Å². The molecule has 0 amide bonds. The van der Waals surface area contributed by atoms with Gasteiger partial charge in [0.15, 0.2) is 12.1 Å². The molecule has 8 nitrogen and oxygen atoms in total. The van der Waals surface area contributed by atoms with E-state index < -0.39 is 17.6 Å². The van der Waals surface area contributed by atoms with Gasteiger partial charge in [-0.1, -0.05) is 0 Å². The van der Waals surface area contributed by atoms with Crippen molar-refractivity contribution in [1.82, 2.24) is 29.3 Å². The number of pyridine rings is 1. The fraction of sp³-hybridized carbons (Fsp3) is 0.400. The molecule has 2 aliphatic rings. The molecule has 2 saturated heterocycles. The van der Waals surface area contributed by atoms with Crippen LogP contribution in [0.5, 0.6) is 0 Å². The lowest BCUT2D eigenvalue weighted by atomic mass is 10.1. The summed E-state index contributed by atoms with van der Waals surface area (Å²) in [5.41, 5.74) is 2.32. The highest BCUT2D eigenvalue weighted by molar-refractivity contribution is 5.87. The topological polar surface area (TPSA) is 79.2 Å². The zero-order chi connectivity index (χ0) is 30.2. The average Bonchev–Trinajstić information content (AvgIpc) is 3.47. The van der Waals surface area contributed by atoms with E-state index in [0.717, 1.165) is 25.0 Å². The number of nitrogens with one attached hydrogen (secondary N) is 1. The summed E-state index contributed by atoms with van der Waals surface area (Å²) in [5, 5.41) is 3.35. The molecule has 5 heterocycles. The van der Waals surface area contributed by atoms with Crippen molar-refractivity contribution in [3.63, 3.8) is 0 Å². The maximum absolute atomic E-state index is 14.8. The van der Waals surface area contributed by atoms with E-state index in [2.05, 4.69) is 25.2 Å². The first-order chi connectivity index (χ1) is 19.9. The highest BCUT2D eigenvalue weighted by Crippen LogP contribution is 2.32. The molecule has 0 radical (unpaired) electrons. The molecule has 0 spiro atoms. The van der Waals surface area contributed by atoms with E-state index in [9.17, 15) is 22.4 Å². The quantitative estimate of drug-likeness (QED) is 0.225. The van der Waals surface area contributed by atoms with Gasteiger partial charge in [0.05, 0.1) is 18.3 Å². The zero-order valence-electron chi connectivity index (χ0n) is 23.9. The van der Waals surface area contributed by atoms with Gasteiger partial charge >= 0.3 is 0 Å². The number of hydrogen-bond acceptors (Lipinski definition) is 7. The van der Waals surface area contributed by atoms with Gasteiger partial charge < -0.3 is 14.8 Å². The number of likely N-dealkylation sites (tertiary alicyclic amines) is 2. The van der Waals surface area contributed by atoms with Crippen LogP contribution < -0.4 is 5.32 Å². The van der Waals surface area contributed by atoms with Crippen molar-refractivity contribution in [2.75, 3.05) is 38.5 Å². The van der Waals surface area contributed by atoms with Crippen molar-refractivity contribution in [2.45, 2.75) is 45.2 Å². The lowest BCUT2D eigenvalue weighted by Gasteiger charge is -2.41. The minimum Gasteiger partial charge on any atom is -0.342 e. The second-order valence-corrected chi connectivity index (χ2v) is 11.2. The first kappa shape index (κ1) is 29.6. The summed E-state index contributed by atoms with van der Waals surface area (Å²) in [4.78, 5) is 27.1. The zero-order valence-corrected chi connectivity index (χ0v) is 23.9. The molecule has 0 bridgehead atoms. The van der Waals surface area contributed by atoms with Crippen molar-refractivity contribution in [3.8, 4) is 11.3 Å². The normalized spacial score (nSPS) is 17.3. The van der Waals surface area contributed by atoms with Crippen LogP contribution in [0.25, 0.3) is 22.2 Å². The van der Waals surface area contributed by atoms with Gasteiger partial charge in [0.1, 0.15) is 17.3 Å². The van der Waals surface area contributed by atoms with Crippen LogP contribution in [-0.2, 0) is 0 Å². The number of likely N-dealkylation sites (N-methyl/N-ethyl adjacent to an activating group) is 1. The van der Waals surface area contributed by atoms with Gasteiger partial charge in [-0.2, -0.15) is 0 Å². The summed E-state index contributed by atoms with van der Waals surface area (Å²) in [6.45, 7) is 8.39. The minimum atomic E-state index is -2.42. The number of fused-ring (bicyclic) bond motifs is 1. The van der Waals surface area contributed by atoms with Crippen LogP contribution in [0.3, 0.4) is 0 Å². The van der Waals surface area contributed by atoms with Crippen molar-refractivity contribution < 1.29 is 22.4 Å². The van der Waals surface area contributed by atoms with E-state index >= 15 is 0 Å². The standard InChI is InChI=1S/C22H19F2N5O.C8H14F2N2/c1-12(2)29-13(3)6-16-17(23)7-15(8-19(16)29)21-18(24)10-26-22(28-21)27-20-5-4-14(11-30)9-25-20;1-11-4-7(5-11)12-3-2-8(9,10)6-12/h4-12H,1-3H3,(H,25,26,27,28);7H,2-6H2,1H3. The predicted octanol–water partition coefficient (Wildman–Crippen LogP) is 5.86. The number of rotatable bonds is 6. The second kappa shape index (κ2) is 11.8. The molecule has 1 aromatic carbocycles. The number of carbonyl (C=O) groups excluding carboxylic acids is 1. The first-order valence-corrected chi connectivity index (χ1v) is 13.8. The number of carbonyl (C=O) groups is 1. The Morgan fingerprint density at radius 2 is 1.83 bits per heavy atom. The van der Waals surface area contributed by atoms with Crippen LogP contribution >= 0.6 is 0 Å². The Labute approximate surface area is 241 Å². The summed E-state index contributed by atoms with van der Waals surface area (Å²) >= 11 is 0. The molecular formula is C30H33F4N7O. The number of alkyl halides is 2. The van der Waals surface area contributed by atoms with Crippen LogP contribution in [-0.4, -0.2) is 80.8 Å². The van der Waals surface area contributed by atoms with Crippen LogP contribution in [0, 0.1) is 18.6 Å². The SMILES string of the molecule is CN1CC(N2CCC(F)(F)C2)C1.Cc1cc2c(F)cc(-c3nc(Nc4ccc(C=O)cn4)ncc3F)cc2n1C(C)C. The lowest BCUT2D eigenvalue weighted by Crippen LogP contribution is -2.57. The molecule has 2 aliphatic heterocycles. The molecule has 3 aromatic heterocycles. The third-order valence-electron chi connectivity index (χ3n) is 7.56. The van der Waals surface area contributed by atoms with E-state index in [1.165, 1.54) is 12.3 Å². The monoisotopic (exact) mass is 583 g/mol. The molecule has 1 N–H and O–H groups in total. The molecule has 0 saturated carbocycles. The molecule has 0 atom stereocenters. The lowest BCUT2D eigenvalue weighted by molar-refractivity contribution is -0.00733. The Morgan fingerprint density at radius 3 is 2.43 bits per heavy atom. The molecule has 0 aliphatic carbocycles. The molecule has 42 heavy (non-hydrogen) atoms. The summed E-state index contributed by atoms with van der Waals surface area (Å²) in [7, 11) is 2.02. The van der Waals surface area contributed by atoms with Gasteiger partial charge in [-0.25, -0.2) is 32.5 Å². The molecule has 4 aromatic rings. The van der Waals surface area contributed by atoms with Crippen LogP contribution in [0.2, 0.25) is 0 Å². The van der Waals surface area contributed by atoms with Gasteiger partial charge in [0.2, 0.25) is 5.95 Å². The Balaban J connectivity index is 0.000000244. The number of aldehydes is 1. The smallest absolute Gasteiger partial charge is 0.261 e. The summed E-state index contributed by atoms with van der Waals surface area (Å²) in [6, 6.07) is 8.47. The maximum Gasteiger partial charge on any atom is 0.261 e. The third-order valence-corrected chi connectivity index (χ3v) is 7.56. The Bertz CT molecular complexity index is 1580. The van der Waals surface area contributed by atoms with Gasteiger partial charge in [-0.15, -0.1) is 0 Å². The summed E-state index contributed by atoms with van der Waals surface area (Å²) in [6.07, 6.45) is 3.15. The van der Waals surface area contributed by atoms with Crippen LogP contribution in [0.4, 0.5) is 29.3 Å². The largest absolute Gasteiger partial charge is 0.342 e. The van der Waals surface area contributed by atoms with E-state index in [1.54, 1.807) is 24.3 Å². The van der Waals surface area contributed by atoms with Crippen molar-refractivity contribution >= 4 is 29.0 Å². The fourth-order valence-electron chi connectivity index (χ4n) is 5.50. The van der Waals surface area contributed by atoms with Crippen LogP contribution in [0.15, 0.2) is 42.7 Å². The van der Waals surface area contributed by atoms with E-state index in [0.29, 0.717) is 46.7 Å². The molecule has 0 unspecified atom stereocenters. The maximum atomic E-state index is 14.8. The second-order valence-electron chi connectivity index (χ2n) is 11.2. The number of anilines is 2. The van der Waals surface area contributed by atoms with E-state index in [-0.39, 0.29) is 30.6 Å². The molecule has 2 fully saturated rings. The number of benzene rings is 1. The Hall–Kier alpha value is -3.90. The van der Waals surface area contributed by atoms with Gasteiger partial charge in [0.25, 0.3) is 5.92 Å². The van der Waals surface area contributed by atoms with Gasteiger partial charge in [-0.3, -0.25) is 9.69 Å². The van der Waals surface area contributed by atoms with Crippen LogP contribution in [0.1, 0.15) is 42.4 Å². The summed E-state index contributed by atoms with van der Waals surface area (Å²) in [5.74, 6) is -3.03. The number of aromatic nitrogens is 4. The average molecular weight is 584 g/mol. The number of nitrogens with zero attached hydrogens (tertiary/aromatic N) is 6. The molecule has 6 rings (SSSR count). The first-order valence-electron chi connectivity index (χ1n) is 13.8. The molecular weight excluding hydrogens is 550 g/mol. The predicted molar refractivity (Wildman–Crippen MR) is 153 cm³/mol. The third kappa shape index (κ3) is 6.29. The van der Waals surface area contributed by atoms with Crippen molar-refractivity contribution in [1.29, 1.82) is 0 Å². The summed E-state index contributed by atoms with van der Waals surface area (Å²) < 4.78 is 56.9. The van der Waals surface area contributed by atoms with Gasteiger partial charge in [-0.05, 0) is 58.2 Å². The Morgan fingerprint density at radius 1 is 1.07 bits per heavy atom.